The number of para-hydroxylation sites is 1. The number of fused-ring (bicyclic) bond motifs is 1. The molecule has 1 aliphatic heterocycles. The number of nitrogens with two attached hydrogens (primary N) is 1. The van der Waals surface area contributed by atoms with Crippen LogP contribution in [0.25, 0.3) is 0 Å². The van der Waals surface area contributed by atoms with E-state index < -0.39 is 0 Å². The lowest BCUT2D eigenvalue weighted by Gasteiger charge is -2.22. The molecule has 0 spiro atoms. The Bertz CT molecular complexity index is 685. The van der Waals surface area contributed by atoms with E-state index in [4.69, 9.17) is 15.0 Å². The van der Waals surface area contributed by atoms with Crippen molar-refractivity contribution in [2.45, 2.75) is 29.4 Å². The second-order valence-corrected chi connectivity index (χ2v) is 6.31. The number of benzene rings is 1. The van der Waals surface area contributed by atoms with E-state index in [2.05, 4.69) is 16.2 Å². The number of hydrogen-bond donors (Lipinski definition) is 1. The molecule has 1 aliphatic carbocycles. The smallest absolute Gasteiger partial charge is 0.233 e. The van der Waals surface area contributed by atoms with Crippen LogP contribution in [0.5, 0.6) is 5.75 Å². The van der Waals surface area contributed by atoms with Crippen LogP contribution in [-0.2, 0) is 0 Å². The van der Waals surface area contributed by atoms with Crippen LogP contribution in [-0.4, -0.2) is 21.9 Å². The standard InChI is InChI=1S/C15H15N3O2S/c16-10-6-5-9(7-10)15-17-14(18-20-15)12-8-21-13-4-2-1-3-11(13)19-12/h1-6,9-10,12H,7-8,16H2. The molecular formula is C15H15N3O2S. The molecule has 4 rings (SSSR count). The number of nitrogens with zero attached hydrogens (tertiary/aromatic N) is 2. The number of thioether (sulfide) groups is 1. The average molecular weight is 301 g/mol. The van der Waals surface area contributed by atoms with Crippen LogP contribution >= 0.6 is 11.8 Å². The Morgan fingerprint density at radius 3 is 3.00 bits per heavy atom. The van der Waals surface area contributed by atoms with Crippen molar-refractivity contribution in [2.75, 3.05) is 5.75 Å². The van der Waals surface area contributed by atoms with Crippen molar-refractivity contribution >= 4 is 11.8 Å². The van der Waals surface area contributed by atoms with E-state index in [1.807, 2.05) is 30.4 Å². The SMILES string of the molecule is NC1C=CC(c2nc(C3CSc4ccccc4O3)no2)C1. The molecule has 1 aromatic heterocycles. The van der Waals surface area contributed by atoms with Gasteiger partial charge in [0.25, 0.3) is 0 Å². The third-order valence-electron chi connectivity index (χ3n) is 3.69. The first kappa shape index (κ1) is 12.9. The van der Waals surface area contributed by atoms with Gasteiger partial charge in [-0.25, -0.2) is 0 Å². The van der Waals surface area contributed by atoms with Crippen LogP contribution in [0.15, 0.2) is 45.8 Å². The third-order valence-corrected chi connectivity index (χ3v) is 4.81. The number of hydrogen-bond acceptors (Lipinski definition) is 6. The fourth-order valence-corrected chi connectivity index (χ4v) is 3.57. The molecule has 2 heterocycles. The van der Waals surface area contributed by atoms with Gasteiger partial charge in [0.2, 0.25) is 11.7 Å². The lowest BCUT2D eigenvalue weighted by atomic mass is 10.1. The van der Waals surface area contributed by atoms with E-state index in [-0.39, 0.29) is 18.1 Å². The van der Waals surface area contributed by atoms with Crippen LogP contribution in [0.4, 0.5) is 0 Å². The summed E-state index contributed by atoms with van der Waals surface area (Å²) in [6.07, 6.45) is 4.68. The minimum absolute atomic E-state index is 0.0821. The highest BCUT2D eigenvalue weighted by molar-refractivity contribution is 7.99. The van der Waals surface area contributed by atoms with Gasteiger partial charge in [0.15, 0.2) is 6.10 Å². The molecular weight excluding hydrogens is 286 g/mol. The highest BCUT2D eigenvalue weighted by atomic mass is 32.2. The predicted molar refractivity (Wildman–Crippen MR) is 79.3 cm³/mol. The van der Waals surface area contributed by atoms with E-state index in [9.17, 15) is 0 Å². The molecule has 2 aromatic rings. The summed E-state index contributed by atoms with van der Waals surface area (Å²) in [5, 5.41) is 4.08. The third kappa shape index (κ3) is 2.45. The van der Waals surface area contributed by atoms with Gasteiger partial charge in [-0.2, -0.15) is 4.98 Å². The molecule has 0 radical (unpaired) electrons. The fraction of sp³-hybridized carbons (Fsp3) is 0.333. The summed E-state index contributed by atoms with van der Waals surface area (Å²) in [5.74, 6) is 3.04. The predicted octanol–water partition coefficient (Wildman–Crippen LogP) is 2.67. The van der Waals surface area contributed by atoms with Crippen molar-refractivity contribution < 1.29 is 9.26 Å². The van der Waals surface area contributed by atoms with Crippen LogP contribution in [0, 0.1) is 0 Å². The van der Waals surface area contributed by atoms with Crippen LogP contribution in [0.1, 0.15) is 30.2 Å². The molecule has 0 saturated heterocycles. The summed E-state index contributed by atoms with van der Waals surface area (Å²) in [4.78, 5) is 5.66. The van der Waals surface area contributed by atoms with Gasteiger partial charge in [-0.1, -0.05) is 29.4 Å². The van der Waals surface area contributed by atoms with Gasteiger partial charge in [-0.05, 0) is 18.6 Å². The van der Waals surface area contributed by atoms with E-state index in [1.165, 1.54) is 0 Å². The van der Waals surface area contributed by atoms with Crippen molar-refractivity contribution in [3.63, 3.8) is 0 Å². The molecule has 2 aliphatic rings. The average Bonchev–Trinajstić information content (AvgIpc) is 3.15. The van der Waals surface area contributed by atoms with Crippen LogP contribution < -0.4 is 10.5 Å². The first-order valence-corrected chi connectivity index (χ1v) is 7.94. The first-order valence-electron chi connectivity index (χ1n) is 6.95. The van der Waals surface area contributed by atoms with E-state index in [1.54, 1.807) is 11.8 Å². The normalized spacial score (nSPS) is 27.4. The minimum atomic E-state index is -0.165. The summed E-state index contributed by atoms with van der Waals surface area (Å²) < 4.78 is 11.3. The zero-order valence-corrected chi connectivity index (χ0v) is 12.1. The molecule has 108 valence electrons. The molecule has 0 fully saturated rings. The molecule has 21 heavy (non-hydrogen) atoms. The zero-order valence-electron chi connectivity index (χ0n) is 11.3. The Morgan fingerprint density at radius 2 is 2.14 bits per heavy atom. The van der Waals surface area contributed by atoms with Gasteiger partial charge in [0.05, 0.1) is 5.92 Å². The van der Waals surface area contributed by atoms with Gasteiger partial charge in [0, 0.05) is 16.7 Å². The largest absolute Gasteiger partial charge is 0.480 e. The van der Waals surface area contributed by atoms with Crippen molar-refractivity contribution in [2.24, 2.45) is 5.73 Å². The maximum Gasteiger partial charge on any atom is 0.233 e. The monoisotopic (exact) mass is 301 g/mol. The van der Waals surface area contributed by atoms with Gasteiger partial charge in [-0.3, -0.25) is 0 Å². The second kappa shape index (κ2) is 5.20. The number of aromatic nitrogens is 2. The van der Waals surface area contributed by atoms with E-state index >= 15 is 0 Å². The summed E-state index contributed by atoms with van der Waals surface area (Å²) in [5.41, 5.74) is 5.86. The quantitative estimate of drug-likeness (QED) is 0.860. The van der Waals surface area contributed by atoms with Crippen LogP contribution in [0.2, 0.25) is 0 Å². The molecule has 0 amide bonds. The first-order chi connectivity index (χ1) is 10.3. The van der Waals surface area contributed by atoms with Gasteiger partial charge in [-0.15, -0.1) is 11.8 Å². The van der Waals surface area contributed by atoms with E-state index in [0.29, 0.717) is 11.7 Å². The Balaban J connectivity index is 1.53. The van der Waals surface area contributed by atoms with Crippen molar-refractivity contribution in [1.29, 1.82) is 0 Å². The summed E-state index contributed by atoms with van der Waals surface area (Å²) in [6.45, 7) is 0. The maximum absolute atomic E-state index is 5.97. The molecule has 2 N–H and O–H groups in total. The van der Waals surface area contributed by atoms with Crippen molar-refractivity contribution in [3.05, 3.63) is 48.1 Å². The van der Waals surface area contributed by atoms with Gasteiger partial charge >= 0.3 is 0 Å². The Labute approximate surface area is 126 Å². The highest BCUT2D eigenvalue weighted by Crippen LogP contribution is 2.39. The summed E-state index contributed by atoms with van der Waals surface area (Å²) >= 11 is 1.75. The molecule has 3 atom stereocenters. The topological polar surface area (TPSA) is 74.2 Å². The summed E-state index contributed by atoms with van der Waals surface area (Å²) in [6, 6.07) is 8.08. The number of rotatable bonds is 2. The lowest BCUT2D eigenvalue weighted by Crippen LogP contribution is -2.16. The molecule has 6 heteroatoms. The Hall–Kier alpha value is -1.79. The molecule has 3 unspecified atom stereocenters. The molecule has 1 aromatic carbocycles. The Kier molecular flexibility index (Phi) is 3.20. The lowest BCUT2D eigenvalue weighted by molar-refractivity contribution is 0.205. The molecule has 5 nitrogen and oxygen atoms in total. The number of ether oxygens (including phenoxy) is 1. The van der Waals surface area contributed by atoms with Gasteiger partial charge < -0.3 is 15.0 Å². The summed E-state index contributed by atoms with van der Waals surface area (Å²) in [7, 11) is 0. The molecule has 0 saturated carbocycles. The maximum atomic E-state index is 5.97. The van der Waals surface area contributed by atoms with Crippen molar-refractivity contribution in [3.8, 4) is 5.75 Å². The van der Waals surface area contributed by atoms with E-state index in [0.717, 1.165) is 22.8 Å². The van der Waals surface area contributed by atoms with Gasteiger partial charge in [0.1, 0.15) is 5.75 Å². The van der Waals surface area contributed by atoms with Crippen molar-refractivity contribution in [1.82, 2.24) is 10.1 Å². The number of allylic oxidation sites excluding steroid dienone is 1. The molecule has 0 bridgehead atoms. The second-order valence-electron chi connectivity index (χ2n) is 5.25. The highest BCUT2D eigenvalue weighted by Gasteiger charge is 2.28. The Morgan fingerprint density at radius 1 is 1.24 bits per heavy atom. The fourth-order valence-electron chi connectivity index (χ4n) is 2.59. The van der Waals surface area contributed by atoms with Crippen LogP contribution in [0.3, 0.4) is 0 Å². The minimum Gasteiger partial charge on any atom is -0.480 e. The zero-order chi connectivity index (χ0) is 14.2.